The zero-order valence-electron chi connectivity index (χ0n) is 11.7. The van der Waals surface area contributed by atoms with E-state index in [9.17, 15) is 9.59 Å². The van der Waals surface area contributed by atoms with Gasteiger partial charge in [-0.15, -0.1) is 0 Å². The second-order valence-corrected chi connectivity index (χ2v) is 5.06. The zero-order chi connectivity index (χ0) is 14.4. The smallest absolute Gasteiger partial charge is 0.356 e. The first-order valence-electron chi connectivity index (χ1n) is 7.07. The van der Waals surface area contributed by atoms with Gasteiger partial charge in [0.2, 0.25) is 0 Å². The Morgan fingerprint density at radius 3 is 2.45 bits per heavy atom. The van der Waals surface area contributed by atoms with Crippen LogP contribution in [-0.2, 0) is 4.74 Å². The SMILES string of the molecule is COC(=O)c1cccc(C(=O)NC2CCCCCC2)n1. The van der Waals surface area contributed by atoms with E-state index in [4.69, 9.17) is 0 Å². The molecule has 5 heteroatoms. The molecule has 1 amide bonds. The molecule has 1 aliphatic rings. The van der Waals surface area contributed by atoms with Gasteiger partial charge >= 0.3 is 5.97 Å². The van der Waals surface area contributed by atoms with Gasteiger partial charge in [-0.1, -0.05) is 31.7 Å². The Bertz CT molecular complexity index is 480. The molecule has 2 rings (SSSR count). The van der Waals surface area contributed by atoms with Crippen LogP contribution in [0, 0.1) is 0 Å². The molecule has 1 heterocycles. The van der Waals surface area contributed by atoms with Crippen LogP contribution in [-0.4, -0.2) is 30.0 Å². The van der Waals surface area contributed by atoms with Crippen molar-refractivity contribution >= 4 is 11.9 Å². The summed E-state index contributed by atoms with van der Waals surface area (Å²) in [4.78, 5) is 27.6. The Labute approximate surface area is 118 Å². The van der Waals surface area contributed by atoms with Crippen LogP contribution in [0.2, 0.25) is 0 Å². The number of aromatic nitrogens is 1. The fourth-order valence-electron chi connectivity index (χ4n) is 2.46. The van der Waals surface area contributed by atoms with Crippen molar-refractivity contribution in [3.05, 3.63) is 29.6 Å². The number of esters is 1. The summed E-state index contributed by atoms with van der Waals surface area (Å²) >= 11 is 0. The van der Waals surface area contributed by atoms with E-state index in [0.29, 0.717) is 0 Å². The molecule has 1 aliphatic carbocycles. The van der Waals surface area contributed by atoms with Gasteiger partial charge in [-0.05, 0) is 25.0 Å². The maximum atomic E-state index is 12.2. The van der Waals surface area contributed by atoms with Crippen LogP contribution >= 0.6 is 0 Å². The lowest BCUT2D eigenvalue weighted by molar-refractivity contribution is 0.0594. The summed E-state index contributed by atoms with van der Waals surface area (Å²) in [6, 6.07) is 5.00. The number of ether oxygens (including phenoxy) is 1. The Balaban J connectivity index is 2.03. The van der Waals surface area contributed by atoms with Gasteiger partial charge in [0.25, 0.3) is 5.91 Å². The van der Waals surface area contributed by atoms with Gasteiger partial charge in [0, 0.05) is 6.04 Å². The largest absolute Gasteiger partial charge is 0.464 e. The molecule has 0 spiro atoms. The van der Waals surface area contributed by atoms with Crippen molar-refractivity contribution in [2.75, 3.05) is 7.11 Å². The second kappa shape index (κ2) is 7.03. The van der Waals surface area contributed by atoms with E-state index in [1.165, 1.54) is 26.0 Å². The molecule has 1 N–H and O–H groups in total. The Morgan fingerprint density at radius 1 is 1.15 bits per heavy atom. The van der Waals surface area contributed by atoms with Crippen molar-refractivity contribution < 1.29 is 14.3 Å². The Morgan fingerprint density at radius 2 is 1.80 bits per heavy atom. The van der Waals surface area contributed by atoms with Crippen LogP contribution in [0.5, 0.6) is 0 Å². The molecular formula is C15H20N2O3. The minimum absolute atomic E-state index is 0.154. The molecule has 0 aromatic carbocycles. The molecule has 1 saturated carbocycles. The van der Waals surface area contributed by atoms with Crippen molar-refractivity contribution in [3.63, 3.8) is 0 Å². The topological polar surface area (TPSA) is 68.3 Å². The van der Waals surface area contributed by atoms with Crippen LogP contribution in [0.15, 0.2) is 18.2 Å². The van der Waals surface area contributed by atoms with Crippen molar-refractivity contribution in [1.82, 2.24) is 10.3 Å². The number of nitrogens with one attached hydrogen (secondary N) is 1. The van der Waals surface area contributed by atoms with E-state index in [0.717, 1.165) is 25.7 Å². The highest BCUT2D eigenvalue weighted by Crippen LogP contribution is 2.17. The molecule has 0 atom stereocenters. The van der Waals surface area contributed by atoms with Crippen LogP contribution in [0.4, 0.5) is 0 Å². The van der Waals surface area contributed by atoms with Gasteiger partial charge in [0.15, 0.2) is 0 Å². The van der Waals surface area contributed by atoms with Crippen molar-refractivity contribution in [2.45, 2.75) is 44.6 Å². The average molecular weight is 276 g/mol. The highest BCUT2D eigenvalue weighted by Gasteiger charge is 2.17. The van der Waals surface area contributed by atoms with Crippen LogP contribution < -0.4 is 5.32 Å². The third-order valence-electron chi connectivity index (χ3n) is 3.57. The molecule has 0 radical (unpaired) electrons. The predicted octanol–water partition coefficient (Wildman–Crippen LogP) is 2.32. The van der Waals surface area contributed by atoms with Gasteiger partial charge in [-0.25, -0.2) is 9.78 Å². The summed E-state index contributed by atoms with van der Waals surface area (Å²) in [5.74, 6) is -0.753. The lowest BCUT2D eigenvalue weighted by atomic mass is 10.1. The molecule has 1 aromatic rings. The minimum Gasteiger partial charge on any atom is -0.464 e. The van der Waals surface area contributed by atoms with Crippen molar-refractivity contribution in [3.8, 4) is 0 Å². The van der Waals surface area contributed by atoms with Gasteiger partial charge in [0.1, 0.15) is 11.4 Å². The summed E-state index contributed by atoms with van der Waals surface area (Å²) < 4.78 is 4.60. The number of amides is 1. The molecule has 0 aliphatic heterocycles. The molecular weight excluding hydrogens is 256 g/mol. The van der Waals surface area contributed by atoms with E-state index >= 15 is 0 Å². The van der Waals surface area contributed by atoms with E-state index in [2.05, 4.69) is 15.0 Å². The lowest BCUT2D eigenvalue weighted by Gasteiger charge is -2.15. The van der Waals surface area contributed by atoms with Crippen LogP contribution in [0.1, 0.15) is 59.5 Å². The number of hydrogen-bond acceptors (Lipinski definition) is 4. The minimum atomic E-state index is -0.533. The van der Waals surface area contributed by atoms with Crippen LogP contribution in [0.3, 0.4) is 0 Å². The van der Waals surface area contributed by atoms with Crippen molar-refractivity contribution in [2.24, 2.45) is 0 Å². The zero-order valence-corrected chi connectivity index (χ0v) is 11.7. The standard InChI is InChI=1S/C15H20N2O3/c1-20-15(19)13-10-6-9-12(17-13)14(18)16-11-7-4-2-3-5-8-11/h6,9-11H,2-5,7-8H2,1H3,(H,16,18). The summed E-state index contributed by atoms with van der Waals surface area (Å²) in [5.41, 5.74) is 0.415. The summed E-state index contributed by atoms with van der Waals surface area (Å²) in [6.07, 6.45) is 6.82. The summed E-state index contributed by atoms with van der Waals surface area (Å²) in [6.45, 7) is 0. The number of carbonyl (C=O) groups excluding carboxylic acids is 2. The quantitative estimate of drug-likeness (QED) is 0.679. The van der Waals surface area contributed by atoms with E-state index in [-0.39, 0.29) is 23.3 Å². The molecule has 1 fully saturated rings. The second-order valence-electron chi connectivity index (χ2n) is 5.06. The fourth-order valence-corrected chi connectivity index (χ4v) is 2.46. The third kappa shape index (κ3) is 3.79. The van der Waals surface area contributed by atoms with E-state index in [1.807, 2.05) is 0 Å². The third-order valence-corrected chi connectivity index (χ3v) is 3.57. The molecule has 20 heavy (non-hydrogen) atoms. The number of nitrogens with zero attached hydrogens (tertiary/aromatic N) is 1. The van der Waals surface area contributed by atoms with Gasteiger partial charge in [-0.3, -0.25) is 4.79 Å². The maximum absolute atomic E-state index is 12.2. The number of methoxy groups -OCH3 is 1. The van der Waals surface area contributed by atoms with E-state index < -0.39 is 5.97 Å². The van der Waals surface area contributed by atoms with Crippen LogP contribution in [0.25, 0.3) is 0 Å². The molecule has 0 unspecified atom stereocenters. The van der Waals surface area contributed by atoms with Gasteiger partial charge in [0.05, 0.1) is 7.11 Å². The maximum Gasteiger partial charge on any atom is 0.356 e. The normalized spacial score (nSPS) is 16.2. The van der Waals surface area contributed by atoms with E-state index in [1.54, 1.807) is 12.1 Å². The molecule has 0 saturated heterocycles. The molecule has 5 nitrogen and oxygen atoms in total. The van der Waals surface area contributed by atoms with Gasteiger partial charge in [-0.2, -0.15) is 0 Å². The number of carbonyl (C=O) groups is 2. The van der Waals surface area contributed by atoms with Crippen molar-refractivity contribution in [1.29, 1.82) is 0 Å². The Hall–Kier alpha value is -1.91. The highest BCUT2D eigenvalue weighted by molar-refractivity contribution is 5.94. The monoisotopic (exact) mass is 276 g/mol. The average Bonchev–Trinajstić information content (AvgIpc) is 2.75. The first-order chi connectivity index (χ1) is 9.70. The fraction of sp³-hybridized carbons (Fsp3) is 0.533. The molecule has 108 valence electrons. The summed E-state index contributed by atoms with van der Waals surface area (Å²) in [7, 11) is 1.29. The number of rotatable bonds is 3. The number of pyridine rings is 1. The highest BCUT2D eigenvalue weighted by atomic mass is 16.5. The molecule has 0 bridgehead atoms. The summed E-state index contributed by atoms with van der Waals surface area (Å²) in [5, 5.41) is 3.01. The number of hydrogen-bond donors (Lipinski definition) is 1. The first kappa shape index (κ1) is 14.5. The van der Waals surface area contributed by atoms with Gasteiger partial charge < -0.3 is 10.1 Å². The lowest BCUT2D eigenvalue weighted by Crippen LogP contribution is -2.35. The molecule has 1 aromatic heterocycles. The Kier molecular flexibility index (Phi) is 5.09. The first-order valence-corrected chi connectivity index (χ1v) is 7.07. The predicted molar refractivity (Wildman–Crippen MR) is 74.5 cm³/mol.